The van der Waals surface area contributed by atoms with Gasteiger partial charge in [0.25, 0.3) is 0 Å². The second-order valence-corrected chi connectivity index (χ2v) is 4.22. The molecule has 1 saturated heterocycles. The molecule has 0 saturated carbocycles. The molecule has 2 atom stereocenters. The number of hydrogen-bond acceptors (Lipinski definition) is 3. The van der Waals surface area contributed by atoms with E-state index < -0.39 is 0 Å². The van der Waals surface area contributed by atoms with Gasteiger partial charge in [0.2, 0.25) is 0 Å². The van der Waals surface area contributed by atoms with Gasteiger partial charge >= 0.3 is 0 Å². The van der Waals surface area contributed by atoms with Crippen molar-refractivity contribution in [1.29, 1.82) is 0 Å². The summed E-state index contributed by atoms with van der Waals surface area (Å²) in [7, 11) is 0. The molecule has 1 rings (SSSR count). The Balaban J connectivity index is 2.10. The van der Waals surface area contributed by atoms with Gasteiger partial charge in [-0.1, -0.05) is 6.92 Å². The lowest BCUT2D eigenvalue weighted by molar-refractivity contribution is 0.0608. The zero-order chi connectivity index (χ0) is 9.84. The molecule has 1 heterocycles. The number of aliphatic hydroxyl groups excluding tert-OH is 1. The fourth-order valence-corrected chi connectivity index (χ4v) is 1.65. The maximum absolute atomic E-state index is 9.49. The Kier molecular flexibility index (Phi) is 4.16. The smallest absolute Gasteiger partial charge is 0.0704 e. The first-order chi connectivity index (χ1) is 6.09. The van der Waals surface area contributed by atoms with Gasteiger partial charge in [-0.05, 0) is 19.8 Å². The number of rotatable bonds is 4. The SMILES string of the molecule is CC(C)OCCN1C[C@H](C)[C@@H](O)C1. The fraction of sp³-hybridized carbons (Fsp3) is 1.00. The van der Waals surface area contributed by atoms with E-state index in [1.807, 2.05) is 13.8 Å². The summed E-state index contributed by atoms with van der Waals surface area (Å²) in [5.41, 5.74) is 0. The van der Waals surface area contributed by atoms with Crippen LogP contribution >= 0.6 is 0 Å². The molecular formula is C10H21NO2. The van der Waals surface area contributed by atoms with Gasteiger partial charge in [0, 0.05) is 19.6 Å². The first kappa shape index (κ1) is 11.0. The first-order valence-electron chi connectivity index (χ1n) is 5.11. The Bertz CT molecular complexity index is 140. The standard InChI is InChI=1S/C10H21NO2/c1-8(2)13-5-4-11-6-9(3)10(12)7-11/h8-10,12H,4-7H2,1-3H3/t9-,10-/m0/s1. The molecule has 13 heavy (non-hydrogen) atoms. The summed E-state index contributed by atoms with van der Waals surface area (Å²) >= 11 is 0. The van der Waals surface area contributed by atoms with Gasteiger partial charge in [-0.15, -0.1) is 0 Å². The third-order valence-electron chi connectivity index (χ3n) is 2.51. The molecular weight excluding hydrogens is 166 g/mol. The van der Waals surface area contributed by atoms with E-state index in [-0.39, 0.29) is 6.10 Å². The Morgan fingerprint density at radius 2 is 2.15 bits per heavy atom. The van der Waals surface area contributed by atoms with Crippen molar-refractivity contribution in [3.63, 3.8) is 0 Å². The average Bonchev–Trinajstić information content (AvgIpc) is 2.30. The normalized spacial score (nSPS) is 30.2. The molecule has 0 unspecified atom stereocenters. The molecule has 3 nitrogen and oxygen atoms in total. The monoisotopic (exact) mass is 187 g/mol. The quantitative estimate of drug-likeness (QED) is 0.704. The highest BCUT2D eigenvalue weighted by Gasteiger charge is 2.26. The van der Waals surface area contributed by atoms with Gasteiger partial charge < -0.3 is 9.84 Å². The van der Waals surface area contributed by atoms with Crippen LogP contribution in [0, 0.1) is 5.92 Å². The number of likely N-dealkylation sites (tertiary alicyclic amines) is 1. The van der Waals surface area contributed by atoms with Crippen molar-refractivity contribution in [3.05, 3.63) is 0 Å². The highest BCUT2D eigenvalue weighted by atomic mass is 16.5. The number of hydrogen-bond donors (Lipinski definition) is 1. The van der Waals surface area contributed by atoms with Crippen LogP contribution in [-0.2, 0) is 4.74 Å². The van der Waals surface area contributed by atoms with Gasteiger partial charge in [0.15, 0.2) is 0 Å². The molecule has 0 aromatic carbocycles. The van der Waals surface area contributed by atoms with E-state index in [1.165, 1.54) is 0 Å². The highest BCUT2D eigenvalue weighted by Crippen LogP contribution is 2.15. The van der Waals surface area contributed by atoms with E-state index in [0.29, 0.717) is 12.0 Å². The Morgan fingerprint density at radius 3 is 2.62 bits per heavy atom. The lowest BCUT2D eigenvalue weighted by Crippen LogP contribution is -2.27. The lowest BCUT2D eigenvalue weighted by atomic mass is 10.1. The van der Waals surface area contributed by atoms with E-state index in [2.05, 4.69) is 11.8 Å². The highest BCUT2D eigenvalue weighted by molar-refractivity contribution is 4.80. The van der Waals surface area contributed by atoms with Crippen molar-refractivity contribution < 1.29 is 9.84 Å². The van der Waals surface area contributed by atoms with Crippen LogP contribution in [0.15, 0.2) is 0 Å². The van der Waals surface area contributed by atoms with Crippen molar-refractivity contribution in [1.82, 2.24) is 4.90 Å². The molecule has 3 heteroatoms. The fourth-order valence-electron chi connectivity index (χ4n) is 1.65. The maximum atomic E-state index is 9.49. The summed E-state index contributed by atoms with van der Waals surface area (Å²) in [4.78, 5) is 2.26. The van der Waals surface area contributed by atoms with Crippen LogP contribution < -0.4 is 0 Å². The maximum Gasteiger partial charge on any atom is 0.0704 e. The van der Waals surface area contributed by atoms with Gasteiger partial charge in [-0.3, -0.25) is 4.90 Å². The molecule has 1 fully saturated rings. The van der Waals surface area contributed by atoms with Crippen LogP contribution in [0.4, 0.5) is 0 Å². The van der Waals surface area contributed by atoms with Crippen LogP contribution in [0.1, 0.15) is 20.8 Å². The summed E-state index contributed by atoms with van der Waals surface area (Å²) in [6.45, 7) is 9.71. The predicted molar refractivity (Wildman–Crippen MR) is 52.7 cm³/mol. The molecule has 78 valence electrons. The molecule has 0 amide bonds. The summed E-state index contributed by atoms with van der Waals surface area (Å²) in [5, 5.41) is 9.49. The number of ether oxygens (including phenoxy) is 1. The van der Waals surface area contributed by atoms with E-state index in [4.69, 9.17) is 4.74 Å². The van der Waals surface area contributed by atoms with Gasteiger partial charge in [0.05, 0.1) is 18.8 Å². The van der Waals surface area contributed by atoms with Crippen LogP contribution in [0.3, 0.4) is 0 Å². The molecule has 0 radical (unpaired) electrons. The zero-order valence-electron chi connectivity index (χ0n) is 8.86. The first-order valence-corrected chi connectivity index (χ1v) is 5.11. The number of β-amino-alcohol motifs (C(OH)–C–C–N with tert-alkyl or cyclic N) is 1. The molecule has 0 aromatic heterocycles. The van der Waals surface area contributed by atoms with Crippen molar-refractivity contribution in [3.8, 4) is 0 Å². The van der Waals surface area contributed by atoms with Crippen LogP contribution in [0.25, 0.3) is 0 Å². The van der Waals surface area contributed by atoms with Crippen molar-refractivity contribution in [2.24, 2.45) is 5.92 Å². The topological polar surface area (TPSA) is 32.7 Å². The molecule has 1 aliphatic heterocycles. The Morgan fingerprint density at radius 1 is 1.46 bits per heavy atom. The molecule has 0 aliphatic carbocycles. The van der Waals surface area contributed by atoms with Crippen LogP contribution in [0.5, 0.6) is 0 Å². The minimum Gasteiger partial charge on any atom is -0.391 e. The van der Waals surface area contributed by atoms with Crippen LogP contribution in [0.2, 0.25) is 0 Å². The molecule has 0 bridgehead atoms. The third kappa shape index (κ3) is 3.63. The van der Waals surface area contributed by atoms with Gasteiger partial charge in [0.1, 0.15) is 0 Å². The van der Waals surface area contributed by atoms with Crippen molar-refractivity contribution in [2.75, 3.05) is 26.2 Å². The average molecular weight is 187 g/mol. The Hall–Kier alpha value is -0.120. The summed E-state index contributed by atoms with van der Waals surface area (Å²) in [5.74, 6) is 0.416. The lowest BCUT2D eigenvalue weighted by Gasteiger charge is -2.15. The third-order valence-corrected chi connectivity index (χ3v) is 2.51. The zero-order valence-corrected chi connectivity index (χ0v) is 8.86. The Labute approximate surface area is 80.7 Å². The molecule has 0 aromatic rings. The van der Waals surface area contributed by atoms with E-state index >= 15 is 0 Å². The summed E-state index contributed by atoms with van der Waals surface area (Å²) < 4.78 is 5.45. The van der Waals surface area contributed by atoms with Crippen molar-refractivity contribution in [2.45, 2.75) is 33.0 Å². The number of aliphatic hydroxyl groups is 1. The number of nitrogens with zero attached hydrogens (tertiary/aromatic N) is 1. The van der Waals surface area contributed by atoms with E-state index in [9.17, 15) is 5.11 Å². The minimum absolute atomic E-state index is 0.140. The van der Waals surface area contributed by atoms with E-state index in [1.54, 1.807) is 0 Å². The summed E-state index contributed by atoms with van der Waals surface area (Å²) in [6, 6.07) is 0. The second-order valence-electron chi connectivity index (χ2n) is 4.22. The predicted octanol–water partition coefficient (Wildman–Crippen LogP) is 0.724. The van der Waals surface area contributed by atoms with E-state index in [0.717, 1.165) is 26.2 Å². The minimum atomic E-state index is -0.140. The van der Waals surface area contributed by atoms with Crippen molar-refractivity contribution >= 4 is 0 Å². The van der Waals surface area contributed by atoms with Gasteiger partial charge in [-0.25, -0.2) is 0 Å². The largest absolute Gasteiger partial charge is 0.391 e. The molecule has 1 N–H and O–H groups in total. The van der Waals surface area contributed by atoms with Crippen LogP contribution in [-0.4, -0.2) is 48.5 Å². The summed E-state index contributed by atoms with van der Waals surface area (Å²) in [6.07, 6.45) is 0.170. The molecule has 1 aliphatic rings. The molecule has 0 spiro atoms. The second kappa shape index (κ2) is 4.94. The van der Waals surface area contributed by atoms with Gasteiger partial charge in [-0.2, -0.15) is 0 Å².